The van der Waals surface area contributed by atoms with E-state index in [9.17, 15) is 9.59 Å². The van der Waals surface area contributed by atoms with Crippen LogP contribution in [0.3, 0.4) is 0 Å². The maximum Gasteiger partial charge on any atom is 0.307 e. The number of amides is 1. The van der Waals surface area contributed by atoms with Gasteiger partial charge in [0.05, 0.1) is 18.9 Å². The molecule has 0 heterocycles. The van der Waals surface area contributed by atoms with Crippen LogP contribution in [0.5, 0.6) is 5.75 Å². The number of benzene rings is 1. The second-order valence-corrected chi connectivity index (χ2v) is 4.83. The van der Waals surface area contributed by atoms with Crippen molar-refractivity contribution in [2.45, 2.75) is 13.0 Å². The molecule has 5 nitrogen and oxygen atoms in total. The lowest BCUT2D eigenvalue weighted by atomic mass is 10.2. The second-order valence-electron chi connectivity index (χ2n) is 4.43. The predicted octanol–water partition coefficient (Wildman–Crippen LogP) is 1.69. The van der Waals surface area contributed by atoms with E-state index in [0.717, 1.165) is 0 Å². The van der Waals surface area contributed by atoms with E-state index >= 15 is 0 Å². The standard InChI is InChI=1S/C13H14ClNO4/c1-19-11-4-2-3-10(14)9(11)6-15-12(16)7-5-8(7)13(17)18/h2-4,7-8H,5-6H2,1H3,(H,15,16)(H,17,18)/t7-,8+/m1/s1. The third-order valence-electron chi connectivity index (χ3n) is 3.18. The lowest BCUT2D eigenvalue weighted by Gasteiger charge is -2.11. The van der Waals surface area contributed by atoms with Crippen molar-refractivity contribution in [3.05, 3.63) is 28.8 Å². The Hall–Kier alpha value is -1.75. The van der Waals surface area contributed by atoms with Crippen LogP contribution in [0.15, 0.2) is 18.2 Å². The third-order valence-corrected chi connectivity index (χ3v) is 3.53. The predicted molar refractivity (Wildman–Crippen MR) is 69.1 cm³/mol. The highest BCUT2D eigenvalue weighted by Crippen LogP contribution is 2.38. The first-order valence-corrected chi connectivity index (χ1v) is 6.24. The van der Waals surface area contributed by atoms with Crippen LogP contribution in [0.2, 0.25) is 5.02 Å². The molecular weight excluding hydrogens is 270 g/mol. The summed E-state index contributed by atoms with van der Waals surface area (Å²) >= 11 is 6.04. The van der Waals surface area contributed by atoms with E-state index in [-0.39, 0.29) is 12.5 Å². The number of carbonyl (C=O) groups excluding carboxylic acids is 1. The Kier molecular flexibility index (Phi) is 3.95. The van der Waals surface area contributed by atoms with Crippen molar-refractivity contribution in [3.63, 3.8) is 0 Å². The molecule has 19 heavy (non-hydrogen) atoms. The van der Waals surface area contributed by atoms with Gasteiger partial charge in [0, 0.05) is 17.1 Å². The second kappa shape index (κ2) is 5.48. The molecule has 2 rings (SSSR count). The van der Waals surface area contributed by atoms with Crippen molar-refractivity contribution in [2.75, 3.05) is 7.11 Å². The van der Waals surface area contributed by atoms with E-state index in [1.54, 1.807) is 18.2 Å². The summed E-state index contributed by atoms with van der Waals surface area (Å²) in [6, 6.07) is 5.22. The summed E-state index contributed by atoms with van der Waals surface area (Å²) in [7, 11) is 1.53. The zero-order chi connectivity index (χ0) is 14.0. The van der Waals surface area contributed by atoms with E-state index in [0.29, 0.717) is 22.8 Å². The first-order valence-electron chi connectivity index (χ1n) is 5.86. The van der Waals surface area contributed by atoms with Gasteiger partial charge in [0.15, 0.2) is 0 Å². The number of carboxylic acid groups (broad SMARTS) is 1. The number of methoxy groups -OCH3 is 1. The van der Waals surface area contributed by atoms with Crippen LogP contribution in [0.25, 0.3) is 0 Å². The van der Waals surface area contributed by atoms with E-state index in [1.165, 1.54) is 7.11 Å². The van der Waals surface area contributed by atoms with E-state index in [1.807, 2.05) is 0 Å². The molecule has 1 aliphatic carbocycles. The number of hydrogen-bond donors (Lipinski definition) is 2. The molecule has 2 atom stereocenters. The highest BCUT2D eigenvalue weighted by atomic mass is 35.5. The summed E-state index contributed by atoms with van der Waals surface area (Å²) in [5.74, 6) is -1.55. The van der Waals surface area contributed by atoms with Gasteiger partial charge in [-0.2, -0.15) is 0 Å². The summed E-state index contributed by atoms with van der Waals surface area (Å²) in [4.78, 5) is 22.4. The molecule has 102 valence electrons. The molecule has 6 heteroatoms. The molecule has 1 amide bonds. The zero-order valence-corrected chi connectivity index (χ0v) is 11.1. The van der Waals surface area contributed by atoms with Crippen molar-refractivity contribution in [1.82, 2.24) is 5.32 Å². The van der Waals surface area contributed by atoms with Crippen molar-refractivity contribution >= 4 is 23.5 Å². The number of aliphatic carboxylic acids is 1. The lowest BCUT2D eigenvalue weighted by Crippen LogP contribution is -2.26. The maximum absolute atomic E-state index is 11.7. The Balaban J connectivity index is 1.96. The number of nitrogens with one attached hydrogen (secondary N) is 1. The Morgan fingerprint density at radius 2 is 2.21 bits per heavy atom. The summed E-state index contributed by atoms with van der Waals surface area (Å²) in [6.45, 7) is 0.227. The van der Waals surface area contributed by atoms with Gasteiger partial charge in [-0.1, -0.05) is 17.7 Å². The van der Waals surface area contributed by atoms with Crippen LogP contribution in [-0.2, 0) is 16.1 Å². The van der Waals surface area contributed by atoms with Gasteiger partial charge < -0.3 is 15.2 Å². The third kappa shape index (κ3) is 2.98. The molecule has 1 aliphatic rings. The molecule has 0 saturated heterocycles. The van der Waals surface area contributed by atoms with Gasteiger partial charge in [-0.3, -0.25) is 9.59 Å². The number of ether oxygens (including phenoxy) is 1. The average Bonchev–Trinajstić information content (AvgIpc) is 3.17. The number of carbonyl (C=O) groups is 2. The molecule has 1 aromatic rings. The molecule has 1 saturated carbocycles. The summed E-state index contributed by atoms with van der Waals surface area (Å²) in [5.41, 5.74) is 0.688. The Morgan fingerprint density at radius 1 is 1.47 bits per heavy atom. The van der Waals surface area contributed by atoms with Crippen molar-refractivity contribution in [1.29, 1.82) is 0 Å². The van der Waals surface area contributed by atoms with Gasteiger partial charge in [0.1, 0.15) is 5.75 Å². The molecule has 0 bridgehead atoms. The fourth-order valence-corrected chi connectivity index (χ4v) is 2.20. The van der Waals surface area contributed by atoms with Gasteiger partial charge in [-0.05, 0) is 18.6 Å². The van der Waals surface area contributed by atoms with Crippen LogP contribution < -0.4 is 10.1 Å². The van der Waals surface area contributed by atoms with Gasteiger partial charge in [-0.15, -0.1) is 0 Å². The minimum Gasteiger partial charge on any atom is -0.496 e. The van der Waals surface area contributed by atoms with Gasteiger partial charge in [0.25, 0.3) is 0 Å². The van der Waals surface area contributed by atoms with Crippen LogP contribution >= 0.6 is 11.6 Å². The minimum absolute atomic E-state index is 0.227. The number of rotatable bonds is 5. The van der Waals surface area contributed by atoms with Crippen LogP contribution in [0.1, 0.15) is 12.0 Å². The molecule has 1 fully saturated rings. The molecule has 0 aliphatic heterocycles. The smallest absolute Gasteiger partial charge is 0.307 e. The summed E-state index contributed by atoms with van der Waals surface area (Å²) < 4.78 is 5.16. The van der Waals surface area contributed by atoms with E-state index < -0.39 is 17.8 Å². The quantitative estimate of drug-likeness (QED) is 0.862. The minimum atomic E-state index is -0.921. The Labute approximate surface area is 115 Å². The SMILES string of the molecule is COc1cccc(Cl)c1CNC(=O)[C@@H]1C[C@@H]1C(=O)O. The number of hydrogen-bond acceptors (Lipinski definition) is 3. The highest BCUT2D eigenvalue weighted by molar-refractivity contribution is 6.31. The monoisotopic (exact) mass is 283 g/mol. The molecule has 0 unspecified atom stereocenters. The van der Waals surface area contributed by atoms with Crippen molar-refractivity contribution in [2.24, 2.45) is 11.8 Å². The lowest BCUT2D eigenvalue weighted by molar-refractivity contribution is -0.140. The average molecular weight is 284 g/mol. The Morgan fingerprint density at radius 3 is 2.79 bits per heavy atom. The first-order chi connectivity index (χ1) is 9.04. The number of halogens is 1. The molecule has 0 spiro atoms. The first kappa shape index (κ1) is 13.7. The van der Waals surface area contributed by atoms with Gasteiger partial charge in [-0.25, -0.2) is 0 Å². The van der Waals surface area contributed by atoms with Crippen molar-refractivity contribution in [3.8, 4) is 5.75 Å². The summed E-state index contributed by atoms with van der Waals surface area (Å²) in [6.07, 6.45) is 0.404. The topological polar surface area (TPSA) is 75.6 Å². The molecule has 0 radical (unpaired) electrons. The van der Waals surface area contributed by atoms with Crippen LogP contribution in [-0.4, -0.2) is 24.1 Å². The van der Waals surface area contributed by atoms with Crippen LogP contribution in [0, 0.1) is 11.8 Å². The summed E-state index contributed by atoms with van der Waals surface area (Å²) in [5, 5.41) is 12.0. The van der Waals surface area contributed by atoms with Crippen molar-refractivity contribution < 1.29 is 19.4 Å². The van der Waals surface area contributed by atoms with Crippen LogP contribution in [0.4, 0.5) is 0 Å². The molecule has 1 aromatic carbocycles. The number of carboxylic acids is 1. The fraction of sp³-hybridized carbons (Fsp3) is 0.385. The molecular formula is C13H14ClNO4. The van der Waals surface area contributed by atoms with E-state index in [2.05, 4.69) is 5.32 Å². The van der Waals surface area contributed by atoms with Gasteiger partial charge >= 0.3 is 5.97 Å². The highest BCUT2D eigenvalue weighted by Gasteiger charge is 2.48. The van der Waals surface area contributed by atoms with E-state index in [4.69, 9.17) is 21.4 Å². The largest absolute Gasteiger partial charge is 0.496 e. The maximum atomic E-state index is 11.7. The normalized spacial score (nSPS) is 20.7. The molecule has 0 aromatic heterocycles. The van der Waals surface area contributed by atoms with Gasteiger partial charge in [0.2, 0.25) is 5.91 Å². The fourth-order valence-electron chi connectivity index (χ4n) is 1.97. The zero-order valence-electron chi connectivity index (χ0n) is 10.4. The Bertz CT molecular complexity index is 517. The molecule has 2 N–H and O–H groups in total.